The first-order chi connectivity index (χ1) is 8.06. The Balaban J connectivity index is 2.65. The lowest BCUT2D eigenvalue weighted by Crippen LogP contribution is -2.58. The van der Waals surface area contributed by atoms with Crippen LogP contribution in [0.5, 0.6) is 0 Å². The van der Waals surface area contributed by atoms with Gasteiger partial charge in [0.2, 0.25) is 0 Å². The largest absolute Gasteiger partial charge is 0.480 e. The van der Waals surface area contributed by atoms with Gasteiger partial charge >= 0.3 is 12.0 Å². The molecule has 0 bridgehead atoms. The van der Waals surface area contributed by atoms with Crippen LogP contribution in [0.2, 0.25) is 0 Å². The number of urea groups is 1. The molecule has 0 saturated heterocycles. The van der Waals surface area contributed by atoms with Gasteiger partial charge in [-0.25, -0.2) is 9.59 Å². The number of hydrogen-bond donors (Lipinski definition) is 3. The molecule has 0 aliphatic heterocycles. The number of amides is 2. The first-order valence-corrected chi connectivity index (χ1v) is 6.05. The number of carboxylic acids is 1. The van der Waals surface area contributed by atoms with Crippen LogP contribution in [0.4, 0.5) is 4.79 Å². The van der Waals surface area contributed by atoms with Crippen LogP contribution in [0.25, 0.3) is 0 Å². The molecule has 0 heterocycles. The predicted octanol–water partition coefficient (Wildman–Crippen LogP) is 0.652. The molecular formula is C12H22N2O4. The van der Waals surface area contributed by atoms with Crippen molar-refractivity contribution in [3.05, 3.63) is 0 Å². The molecule has 1 atom stereocenters. The van der Waals surface area contributed by atoms with Gasteiger partial charge in [0.15, 0.2) is 0 Å². The second kappa shape index (κ2) is 4.76. The minimum Gasteiger partial charge on any atom is -0.480 e. The summed E-state index contributed by atoms with van der Waals surface area (Å²) in [6.45, 7) is 4.85. The normalized spacial score (nSPS) is 18.9. The zero-order valence-corrected chi connectivity index (χ0v) is 11.4. The molecule has 0 aromatic heterocycles. The maximum Gasteiger partial charge on any atom is 0.329 e. The molecule has 1 unspecified atom stereocenters. The van der Waals surface area contributed by atoms with Crippen LogP contribution in [-0.2, 0) is 4.79 Å². The van der Waals surface area contributed by atoms with Crippen molar-refractivity contribution in [3.63, 3.8) is 0 Å². The van der Waals surface area contributed by atoms with Gasteiger partial charge in [-0.05, 0) is 39.5 Å². The summed E-state index contributed by atoms with van der Waals surface area (Å²) in [4.78, 5) is 24.5. The second-order valence-electron chi connectivity index (χ2n) is 5.88. The average Bonchev–Trinajstić information content (AvgIpc) is 2.97. The van der Waals surface area contributed by atoms with E-state index in [0.29, 0.717) is 0 Å². The molecular weight excluding hydrogens is 236 g/mol. The molecule has 104 valence electrons. The molecule has 1 aliphatic carbocycles. The van der Waals surface area contributed by atoms with Gasteiger partial charge in [0.1, 0.15) is 5.54 Å². The molecule has 3 N–H and O–H groups in total. The standard InChI is InChI=1S/C12H22N2O4/c1-11(2,18)7-14(4)10(17)13-12(3,9(15)16)8-5-6-8/h8,18H,5-7H2,1-4H3,(H,13,17)(H,15,16). The number of rotatable bonds is 5. The van der Waals surface area contributed by atoms with Crippen LogP contribution < -0.4 is 5.32 Å². The Kier molecular flexibility index (Phi) is 3.90. The van der Waals surface area contributed by atoms with E-state index in [4.69, 9.17) is 0 Å². The molecule has 1 aliphatic rings. The van der Waals surface area contributed by atoms with Gasteiger partial charge in [-0.3, -0.25) is 0 Å². The lowest BCUT2D eigenvalue weighted by Gasteiger charge is -2.31. The van der Waals surface area contributed by atoms with E-state index in [-0.39, 0.29) is 12.5 Å². The van der Waals surface area contributed by atoms with E-state index in [2.05, 4.69) is 5.32 Å². The molecule has 1 fully saturated rings. The first kappa shape index (κ1) is 14.8. The zero-order valence-electron chi connectivity index (χ0n) is 11.4. The van der Waals surface area contributed by atoms with Crippen molar-refractivity contribution in [2.75, 3.05) is 13.6 Å². The van der Waals surface area contributed by atoms with Crippen molar-refractivity contribution in [2.24, 2.45) is 5.92 Å². The first-order valence-electron chi connectivity index (χ1n) is 6.05. The Morgan fingerprint density at radius 1 is 1.33 bits per heavy atom. The fraction of sp³-hybridized carbons (Fsp3) is 0.833. The number of likely N-dealkylation sites (N-methyl/N-ethyl adjacent to an activating group) is 1. The van der Waals surface area contributed by atoms with Crippen LogP contribution in [0.1, 0.15) is 33.6 Å². The lowest BCUT2D eigenvalue weighted by atomic mass is 9.96. The summed E-state index contributed by atoms with van der Waals surface area (Å²) >= 11 is 0. The van der Waals surface area contributed by atoms with E-state index in [9.17, 15) is 19.8 Å². The van der Waals surface area contributed by atoms with E-state index < -0.39 is 23.1 Å². The van der Waals surface area contributed by atoms with Crippen molar-refractivity contribution < 1.29 is 19.8 Å². The minimum atomic E-state index is -1.22. The minimum absolute atomic E-state index is 0.00510. The van der Waals surface area contributed by atoms with E-state index >= 15 is 0 Å². The summed E-state index contributed by atoms with van der Waals surface area (Å²) in [6.07, 6.45) is 1.64. The van der Waals surface area contributed by atoms with Crippen molar-refractivity contribution >= 4 is 12.0 Å². The number of carbonyl (C=O) groups excluding carboxylic acids is 1. The third kappa shape index (κ3) is 3.60. The van der Waals surface area contributed by atoms with E-state index in [0.717, 1.165) is 12.8 Å². The third-order valence-electron chi connectivity index (χ3n) is 3.18. The van der Waals surface area contributed by atoms with Crippen molar-refractivity contribution in [1.29, 1.82) is 0 Å². The highest BCUT2D eigenvalue weighted by Gasteiger charge is 2.49. The number of aliphatic carboxylic acids is 1. The van der Waals surface area contributed by atoms with Crippen molar-refractivity contribution in [1.82, 2.24) is 10.2 Å². The van der Waals surface area contributed by atoms with Crippen LogP contribution in [0, 0.1) is 5.92 Å². The summed E-state index contributed by atoms with van der Waals surface area (Å²) in [6, 6.07) is -0.478. The van der Waals surface area contributed by atoms with Crippen LogP contribution in [0.15, 0.2) is 0 Å². The molecule has 2 amide bonds. The van der Waals surface area contributed by atoms with Crippen LogP contribution >= 0.6 is 0 Å². The average molecular weight is 258 g/mol. The molecule has 0 radical (unpaired) electrons. The Bertz CT molecular complexity index is 346. The molecule has 18 heavy (non-hydrogen) atoms. The maximum absolute atomic E-state index is 11.9. The smallest absolute Gasteiger partial charge is 0.329 e. The van der Waals surface area contributed by atoms with Gasteiger partial charge in [-0.2, -0.15) is 0 Å². The van der Waals surface area contributed by atoms with E-state index in [1.807, 2.05) is 0 Å². The van der Waals surface area contributed by atoms with Crippen molar-refractivity contribution in [3.8, 4) is 0 Å². The van der Waals surface area contributed by atoms with Gasteiger partial charge in [0.25, 0.3) is 0 Å². The van der Waals surface area contributed by atoms with Gasteiger partial charge in [0, 0.05) is 7.05 Å². The quantitative estimate of drug-likeness (QED) is 0.675. The Labute approximate surface area is 107 Å². The highest BCUT2D eigenvalue weighted by molar-refractivity contribution is 5.86. The lowest BCUT2D eigenvalue weighted by molar-refractivity contribution is -0.144. The highest BCUT2D eigenvalue weighted by atomic mass is 16.4. The number of hydrogen-bond acceptors (Lipinski definition) is 3. The second-order valence-corrected chi connectivity index (χ2v) is 5.88. The Morgan fingerprint density at radius 3 is 2.17 bits per heavy atom. The fourth-order valence-electron chi connectivity index (χ4n) is 1.96. The number of nitrogens with zero attached hydrogens (tertiary/aromatic N) is 1. The molecule has 6 heteroatoms. The predicted molar refractivity (Wildman–Crippen MR) is 66.2 cm³/mol. The Hall–Kier alpha value is -1.30. The van der Waals surface area contributed by atoms with E-state index in [1.54, 1.807) is 13.8 Å². The van der Waals surface area contributed by atoms with Gasteiger partial charge in [0.05, 0.1) is 12.1 Å². The summed E-state index contributed by atoms with van der Waals surface area (Å²) in [5.74, 6) is -1.02. The van der Waals surface area contributed by atoms with Crippen LogP contribution in [-0.4, -0.2) is 51.8 Å². The number of carbonyl (C=O) groups is 2. The summed E-state index contributed by atoms with van der Waals surface area (Å²) < 4.78 is 0. The topological polar surface area (TPSA) is 89.9 Å². The molecule has 6 nitrogen and oxygen atoms in total. The molecule has 0 spiro atoms. The van der Waals surface area contributed by atoms with Gasteiger partial charge in [-0.15, -0.1) is 0 Å². The van der Waals surface area contributed by atoms with E-state index in [1.165, 1.54) is 18.9 Å². The molecule has 1 rings (SSSR count). The highest BCUT2D eigenvalue weighted by Crippen LogP contribution is 2.39. The number of aliphatic hydroxyl groups is 1. The Morgan fingerprint density at radius 2 is 1.83 bits per heavy atom. The SMILES string of the molecule is CN(CC(C)(C)O)C(=O)NC(C)(C(=O)O)C1CC1. The molecule has 0 aromatic rings. The van der Waals surface area contributed by atoms with Crippen LogP contribution in [0.3, 0.4) is 0 Å². The number of carboxylic acid groups (broad SMARTS) is 1. The third-order valence-corrected chi connectivity index (χ3v) is 3.18. The summed E-state index contributed by atoms with van der Waals surface area (Å²) in [5.41, 5.74) is -2.23. The van der Waals surface area contributed by atoms with Crippen molar-refractivity contribution in [2.45, 2.75) is 44.8 Å². The molecule has 1 saturated carbocycles. The number of nitrogens with one attached hydrogen (secondary N) is 1. The maximum atomic E-state index is 11.9. The van der Waals surface area contributed by atoms with Gasteiger partial charge in [-0.1, -0.05) is 0 Å². The fourth-order valence-corrected chi connectivity index (χ4v) is 1.96. The summed E-state index contributed by atoms with van der Waals surface area (Å²) in [5, 5.41) is 21.4. The summed E-state index contributed by atoms with van der Waals surface area (Å²) in [7, 11) is 1.53. The monoisotopic (exact) mass is 258 g/mol. The zero-order chi connectivity index (χ0) is 14.1. The molecule has 0 aromatic carbocycles. The van der Waals surface area contributed by atoms with Gasteiger partial charge < -0.3 is 20.4 Å².